The lowest BCUT2D eigenvalue weighted by atomic mass is 9.98. The zero-order valence-electron chi connectivity index (χ0n) is 11.7. The molecular weight excluding hydrogens is 258 g/mol. The Hall–Kier alpha value is -1.59. The number of hydrazine groups is 1. The van der Waals surface area contributed by atoms with Gasteiger partial charge in [-0.05, 0) is 36.6 Å². The Morgan fingerprint density at radius 2 is 2.11 bits per heavy atom. The van der Waals surface area contributed by atoms with Gasteiger partial charge in [0.25, 0.3) is 0 Å². The average molecular weight is 277 g/mol. The molecule has 0 radical (unpaired) electrons. The van der Waals surface area contributed by atoms with Crippen molar-refractivity contribution in [2.45, 2.75) is 26.7 Å². The summed E-state index contributed by atoms with van der Waals surface area (Å²) in [7, 11) is 1.70. The molecule has 102 valence electrons. The first kappa shape index (κ1) is 13.8. The van der Waals surface area contributed by atoms with E-state index in [4.69, 9.17) is 10.6 Å². The summed E-state index contributed by atoms with van der Waals surface area (Å²) in [6.45, 7) is 6.36. The number of ether oxygens (including phenoxy) is 1. The number of aromatic nitrogens is 1. The van der Waals surface area contributed by atoms with E-state index in [1.54, 1.807) is 18.4 Å². The molecule has 0 saturated heterocycles. The van der Waals surface area contributed by atoms with Crippen molar-refractivity contribution < 1.29 is 4.74 Å². The molecule has 0 amide bonds. The second-order valence-electron chi connectivity index (χ2n) is 4.68. The molecule has 0 fully saturated rings. The molecule has 1 heterocycles. The van der Waals surface area contributed by atoms with Crippen molar-refractivity contribution in [1.82, 2.24) is 4.98 Å². The van der Waals surface area contributed by atoms with Crippen LogP contribution in [0.4, 0.5) is 5.13 Å². The summed E-state index contributed by atoms with van der Waals surface area (Å²) in [5.41, 5.74) is 5.86. The number of hydrogen-bond acceptors (Lipinski definition) is 5. The first-order valence-corrected chi connectivity index (χ1v) is 7.00. The van der Waals surface area contributed by atoms with Gasteiger partial charge in [-0.25, -0.2) is 10.8 Å². The highest BCUT2D eigenvalue weighted by Gasteiger charge is 2.13. The number of aryl methyl sites for hydroxylation is 1. The van der Waals surface area contributed by atoms with E-state index in [0.717, 1.165) is 27.0 Å². The largest absolute Gasteiger partial charge is 0.496 e. The number of hydrogen-bond donors (Lipinski definition) is 2. The molecule has 3 N–H and O–H groups in total. The second kappa shape index (κ2) is 5.59. The van der Waals surface area contributed by atoms with Crippen molar-refractivity contribution in [3.8, 4) is 17.0 Å². The number of nitrogens with one attached hydrogen (secondary N) is 1. The zero-order chi connectivity index (χ0) is 14.0. The highest BCUT2D eigenvalue weighted by molar-refractivity contribution is 7.15. The van der Waals surface area contributed by atoms with Crippen LogP contribution in [0.25, 0.3) is 11.3 Å². The number of rotatable bonds is 4. The van der Waals surface area contributed by atoms with E-state index < -0.39 is 0 Å². The van der Waals surface area contributed by atoms with Crippen molar-refractivity contribution in [3.05, 3.63) is 28.6 Å². The molecule has 1 aromatic carbocycles. The summed E-state index contributed by atoms with van der Waals surface area (Å²) >= 11 is 1.55. The summed E-state index contributed by atoms with van der Waals surface area (Å²) < 4.78 is 5.40. The number of nitrogens with two attached hydrogens (primary N) is 1. The maximum absolute atomic E-state index is 5.41. The van der Waals surface area contributed by atoms with Crippen LogP contribution in [0.5, 0.6) is 5.75 Å². The summed E-state index contributed by atoms with van der Waals surface area (Å²) in [6, 6.07) is 6.18. The lowest BCUT2D eigenvalue weighted by molar-refractivity contribution is 0.407. The van der Waals surface area contributed by atoms with Crippen molar-refractivity contribution in [2.75, 3.05) is 12.5 Å². The molecular formula is C14H19N3OS. The van der Waals surface area contributed by atoms with Gasteiger partial charge in [-0.3, -0.25) is 5.43 Å². The third kappa shape index (κ3) is 2.72. The monoisotopic (exact) mass is 277 g/mol. The van der Waals surface area contributed by atoms with Gasteiger partial charge in [0, 0.05) is 10.4 Å². The second-order valence-corrected chi connectivity index (χ2v) is 5.88. The molecule has 1 aromatic heterocycles. The van der Waals surface area contributed by atoms with E-state index in [2.05, 4.69) is 30.3 Å². The number of benzene rings is 1. The lowest BCUT2D eigenvalue weighted by Crippen LogP contribution is -2.05. The van der Waals surface area contributed by atoms with Gasteiger partial charge >= 0.3 is 0 Å². The summed E-state index contributed by atoms with van der Waals surface area (Å²) in [4.78, 5) is 5.64. The first-order chi connectivity index (χ1) is 9.06. The fourth-order valence-corrected chi connectivity index (χ4v) is 2.80. The lowest BCUT2D eigenvalue weighted by Gasteiger charge is -2.13. The first-order valence-electron chi connectivity index (χ1n) is 6.19. The molecule has 0 aliphatic heterocycles. The van der Waals surface area contributed by atoms with Gasteiger partial charge in [-0.15, -0.1) is 11.3 Å². The number of nitrogens with zero attached hydrogens (tertiary/aromatic N) is 1. The summed E-state index contributed by atoms with van der Waals surface area (Å²) in [5, 5.41) is 0.731. The Kier molecular flexibility index (Phi) is 4.07. The molecule has 19 heavy (non-hydrogen) atoms. The van der Waals surface area contributed by atoms with E-state index >= 15 is 0 Å². The van der Waals surface area contributed by atoms with Crippen molar-refractivity contribution in [3.63, 3.8) is 0 Å². The number of methoxy groups -OCH3 is 1. The molecule has 0 spiro atoms. The van der Waals surface area contributed by atoms with Crippen LogP contribution < -0.4 is 16.0 Å². The van der Waals surface area contributed by atoms with Crippen molar-refractivity contribution in [1.29, 1.82) is 0 Å². The number of thiazole rings is 1. The SMILES string of the molecule is COc1ccc(-c2nc(NN)sc2C)cc1C(C)C. The molecule has 5 heteroatoms. The predicted octanol–water partition coefficient (Wildman–Crippen LogP) is 3.54. The van der Waals surface area contributed by atoms with Gasteiger partial charge in [-0.1, -0.05) is 13.8 Å². The van der Waals surface area contributed by atoms with E-state index in [1.807, 2.05) is 19.1 Å². The topological polar surface area (TPSA) is 60.2 Å². The van der Waals surface area contributed by atoms with Gasteiger partial charge in [0.1, 0.15) is 5.75 Å². The third-order valence-electron chi connectivity index (χ3n) is 3.05. The maximum Gasteiger partial charge on any atom is 0.197 e. The number of anilines is 1. The molecule has 0 atom stereocenters. The predicted molar refractivity (Wildman–Crippen MR) is 80.7 cm³/mol. The molecule has 0 aliphatic carbocycles. The van der Waals surface area contributed by atoms with Crippen LogP contribution in [0, 0.1) is 6.92 Å². The van der Waals surface area contributed by atoms with E-state index in [9.17, 15) is 0 Å². The van der Waals surface area contributed by atoms with Gasteiger partial charge in [0.2, 0.25) is 0 Å². The molecule has 0 bridgehead atoms. The molecule has 0 aliphatic rings. The number of nitrogen functional groups attached to an aromatic ring is 1. The molecule has 2 aromatic rings. The Morgan fingerprint density at radius 1 is 1.37 bits per heavy atom. The average Bonchev–Trinajstić information content (AvgIpc) is 2.79. The van der Waals surface area contributed by atoms with Crippen LogP contribution in [0.1, 0.15) is 30.2 Å². The van der Waals surface area contributed by atoms with E-state index in [0.29, 0.717) is 5.92 Å². The van der Waals surface area contributed by atoms with Crippen LogP contribution in [-0.4, -0.2) is 12.1 Å². The Morgan fingerprint density at radius 3 is 2.63 bits per heavy atom. The maximum atomic E-state index is 5.41. The molecule has 0 saturated carbocycles. The van der Waals surface area contributed by atoms with Gasteiger partial charge in [0.15, 0.2) is 5.13 Å². The van der Waals surface area contributed by atoms with Crippen LogP contribution in [-0.2, 0) is 0 Å². The van der Waals surface area contributed by atoms with Crippen molar-refractivity contribution >= 4 is 16.5 Å². The smallest absolute Gasteiger partial charge is 0.197 e. The summed E-state index contributed by atoms with van der Waals surface area (Å²) in [6.07, 6.45) is 0. The highest BCUT2D eigenvalue weighted by atomic mass is 32.1. The van der Waals surface area contributed by atoms with Gasteiger partial charge < -0.3 is 4.74 Å². The molecule has 4 nitrogen and oxygen atoms in total. The van der Waals surface area contributed by atoms with Crippen LogP contribution in [0.2, 0.25) is 0 Å². The summed E-state index contributed by atoms with van der Waals surface area (Å²) in [5.74, 6) is 6.74. The Bertz CT molecular complexity index is 578. The fourth-order valence-electron chi connectivity index (χ4n) is 2.06. The van der Waals surface area contributed by atoms with Crippen molar-refractivity contribution in [2.24, 2.45) is 5.84 Å². The Balaban J connectivity index is 2.50. The van der Waals surface area contributed by atoms with E-state index in [1.165, 1.54) is 5.56 Å². The van der Waals surface area contributed by atoms with Gasteiger partial charge in [0.05, 0.1) is 12.8 Å². The molecule has 2 rings (SSSR count). The molecule has 0 unspecified atom stereocenters. The third-order valence-corrected chi connectivity index (χ3v) is 3.95. The standard InChI is InChI=1S/C14H19N3OS/c1-8(2)11-7-10(5-6-12(11)18-4)13-9(3)19-14(16-13)17-15/h5-8H,15H2,1-4H3,(H,16,17). The van der Waals surface area contributed by atoms with Gasteiger partial charge in [-0.2, -0.15) is 0 Å². The zero-order valence-corrected chi connectivity index (χ0v) is 12.5. The fraction of sp³-hybridized carbons (Fsp3) is 0.357. The Labute approximate surface area is 117 Å². The quantitative estimate of drug-likeness (QED) is 0.663. The van der Waals surface area contributed by atoms with Crippen LogP contribution in [0.15, 0.2) is 18.2 Å². The minimum Gasteiger partial charge on any atom is -0.496 e. The minimum atomic E-state index is 0.404. The highest BCUT2D eigenvalue weighted by Crippen LogP contribution is 2.34. The van der Waals surface area contributed by atoms with E-state index in [-0.39, 0.29) is 0 Å². The van der Waals surface area contributed by atoms with Crippen LogP contribution in [0.3, 0.4) is 0 Å². The normalized spacial score (nSPS) is 10.8. The minimum absolute atomic E-state index is 0.404. The van der Waals surface area contributed by atoms with Crippen LogP contribution >= 0.6 is 11.3 Å².